The van der Waals surface area contributed by atoms with E-state index in [0.29, 0.717) is 28.7 Å². The molecule has 0 unspecified atom stereocenters. The van der Waals surface area contributed by atoms with Crippen LogP contribution in [0.15, 0.2) is 30.3 Å². The Bertz CT molecular complexity index is 899. The summed E-state index contributed by atoms with van der Waals surface area (Å²) >= 11 is 6.03. The first-order valence-corrected chi connectivity index (χ1v) is 9.30. The number of methoxy groups -OCH3 is 3. The number of halogens is 1. The lowest BCUT2D eigenvalue weighted by Gasteiger charge is -2.19. The van der Waals surface area contributed by atoms with Gasteiger partial charge >= 0.3 is 5.97 Å². The molecule has 1 atom stereocenters. The van der Waals surface area contributed by atoms with Crippen molar-refractivity contribution in [3.8, 4) is 17.2 Å². The third-order valence-electron chi connectivity index (χ3n) is 4.26. The molecule has 0 aliphatic rings. The molecule has 0 aliphatic carbocycles. The number of benzene rings is 2. The van der Waals surface area contributed by atoms with Crippen molar-refractivity contribution >= 4 is 29.2 Å². The van der Waals surface area contributed by atoms with Gasteiger partial charge in [-0.15, -0.1) is 0 Å². The van der Waals surface area contributed by atoms with Crippen LogP contribution in [0.1, 0.15) is 29.3 Å². The van der Waals surface area contributed by atoms with Gasteiger partial charge in [0.05, 0.1) is 32.6 Å². The van der Waals surface area contributed by atoms with E-state index < -0.39 is 18.0 Å². The number of hydrogen-bond donors (Lipinski definition) is 1. The van der Waals surface area contributed by atoms with Crippen LogP contribution >= 0.6 is 11.6 Å². The van der Waals surface area contributed by atoms with E-state index in [1.807, 2.05) is 13.8 Å². The van der Waals surface area contributed by atoms with Crippen LogP contribution in [0, 0.1) is 6.92 Å². The number of aryl methyl sites for hydroxylation is 1. The van der Waals surface area contributed by atoms with E-state index in [1.54, 1.807) is 18.2 Å². The second-order valence-corrected chi connectivity index (χ2v) is 6.57. The maximum atomic E-state index is 12.8. The molecule has 0 saturated heterocycles. The van der Waals surface area contributed by atoms with E-state index in [-0.39, 0.29) is 11.3 Å². The molecule has 7 nitrogen and oxygen atoms in total. The number of esters is 1. The second kappa shape index (κ2) is 10.0. The SMILES string of the molecule is CC[C@H](Oc1ccc(Cl)c(C)c1)C(=O)Nc1cc(OC)c(OC)cc1C(=O)OC. The van der Waals surface area contributed by atoms with E-state index in [9.17, 15) is 9.59 Å². The Morgan fingerprint density at radius 1 is 1.07 bits per heavy atom. The molecule has 0 aliphatic heterocycles. The quantitative estimate of drug-likeness (QED) is 0.641. The first-order valence-electron chi connectivity index (χ1n) is 8.92. The first-order chi connectivity index (χ1) is 13.8. The van der Waals surface area contributed by atoms with Crippen LogP contribution in [0.3, 0.4) is 0 Å². The van der Waals surface area contributed by atoms with Crippen molar-refractivity contribution in [1.82, 2.24) is 0 Å². The molecule has 2 aromatic carbocycles. The van der Waals surface area contributed by atoms with E-state index in [0.717, 1.165) is 5.56 Å². The molecule has 2 rings (SSSR count). The van der Waals surface area contributed by atoms with Gasteiger partial charge < -0.3 is 24.3 Å². The molecule has 0 saturated carbocycles. The zero-order valence-electron chi connectivity index (χ0n) is 17.0. The minimum absolute atomic E-state index is 0.135. The summed E-state index contributed by atoms with van der Waals surface area (Å²) in [4.78, 5) is 25.0. The topological polar surface area (TPSA) is 83.1 Å². The molecule has 0 spiro atoms. The Balaban J connectivity index is 2.30. The molecule has 0 aromatic heterocycles. The lowest BCUT2D eigenvalue weighted by Crippen LogP contribution is -2.33. The minimum Gasteiger partial charge on any atom is -0.493 e. The van der Waals surface area contributed by atoms with Gasteiger partial charge in [-0.3, -0.25) is 4.79 Å². The number of anilines is 1. The Kier molecular flexibility index (Phi) is 7.73. The second-order valence-electron chi connectivity index (χ2n) is 6.16. The number of hydrogen-bond acceptors (Lipinski definition) is 6. The average Bonchev–Trinajstić information content (AvgIpc) is 2.73. The number of rotatable bonds is 8. The van der Waals surface area contributed by atoms with Crippen molar-refractivity contribution in [3.63, 3.8) is 0 Å². The van der Waals surface area contributed by atoms with Gasteiger partial charge in [-0.05, 0) is 37.1 Å². The number of carbonyl (C=O) groups is 2. The molecule has 8 heteroatoms. The van der Waals surface area contributed by atoms with Crippen LogP contribution in [-0.4, -0.2) is 39.3 Å². The fourth-order valence-electron chi connectivity index (χ4n) is 2.65. The molecule has 156 valence electrons. The Hall–Kier alpha value is -2.93. The third-order valence-corrected chi connectivity index (χ3v) is 4.68. The monoisotopic (exact) mass is 421 g/mol. The molecule has 1 N–H and O–H groups in total. The summed E-state index contributed by atoms with van der Waals surface area (Å²) < 4.78 is 21.1. The van der Waals surface area contributed by atoms with Crippen LogP contribution in [0.25, 0.3) is 0 Å². The molecule has 0 bridgehead atoms. The average molecular weight is 422 g/mol. The van der Waals surface area contributed by atoms with Crippen LogP contribution in [0.5, 0.6) is 17.2 Å². The van der Waals surface area contributed by atoms with Crippen molar-refractivity contribution in [3.05, 3.63) is 46.5 Å². The van der Waals surface area contributed by atoms with Gasteiger partial charge in [0.25, 0.3) is 5.91 Å². The Morgan fingerprint density at radius 3 is 2.28 bits per heavy atom. The third kappa shape index (κ3) is 5.32. The van der Waals surface area contributed by atoms with Gasteiger partial charge in [0.15, 0.2) is 17.6 Å². The molecule has 2 aromatic rings. The fourth-order valence-corrected chi connectivity index (χ4v) is 2.77. The van der Waals surface area contributed by atoms with E-state index in [2.05, 4.69) is 5.32 Å². The summed E-state index contributed by atoms with van der Waals surface area (Å²) in [6, 6.07) is 8.11. The summed E-state index contributed by atoms with van der Waals surface area (Å²) in [7, 11) is 4.17. The Morgan fingerprint density at radius 2 is 1.72 bits per heavy atom. The van der Waals surface area contributed by atoms with Gasteiger partial charge in [-0.2, -0.15) is 0 Å². The maximum Gasteiger partial charge on any atom is 0.340 e. The minimum atomic E-state index is -0.783. The lowest BCUT2D eigenvalue weighted by molar-refractivity contribution is -0.122. The van der Waals surface area contributed by atoms with E-state index in [4.69, 9.17) is 30.5 Å². The van der Waals surface area contributed by atoms with Crippen molar-refractivity contribution in [2.24, 2.45) is 0 Å². The van der Waals surface area contributed by atoms with Crippen LogP contribution in [0.4, 0.5) is 5.69 Å². The standard InChI is InChI=1S/C21H24ClNO6/c1-6-17(29-13-7-8-15(22)12(2)9-13)20(24)23-16-11-19(27-4)18(26-3)10-14(16)21(25)28-5/h7-11,17H,6H2,1-5H3,(H,23,24)/t17-/m0/s1. The van der Waals surface area contributed by atoms with Gasteiger partial charge in [0.2, 0.25) is 0 Å². The van der Waals surface area contributed by atoms with E-state index in [1.165, 1.54) is 33.5 Å². The highest BCUT2D eigenvalue weighted by molar-refractivity contribution is 6.31. The van der Waals surface area contributed by atoms with Gasteiger partial charge in [0.1, 0.15) is 5.75 Å². The van der Waals surface area contributed by atoms with Crippen molar-refractivity contribution in [1.29, 1.82) is 0 Å². The van der Waals surface area contributed by atoms with Crippen LogP contribution < -0.4 is 19.5 Å². The highest BCUT2D eigenvalue weighted by atomic mass is 35.5. The molecular formula is C21H24ClNO6. The molecule has 0 radical (unpaired) electrons. The van der Waals surface area contributed by atoms with Gasteiger partial charge in [-0.1, -0.05) is 18.5 Å². The smallest absolute Gasteiger partial charge is 0.340 e. The summed E-state index contributed by atoms with van der Waals surface area (Å²) in [6.07, 6.45) is -0.372. The highest BCUT2D eigenvalue weighted by Gasteiger charge is 2.23. The fraction of sp³-hybridized carbons (Fsp3) is 0.333. The number of ether oxygens (including phenoxy) is 4. The summed E-state index contributed by atoms with van der Waals surface area (Å²) in [6.45, 7) is 3.67. The summed E-state index contributed by atoms with van der Waals surface area (Å²) in [5.74, 6) is 0.180. The predicted molar refractivity (Wildman–Crippen MR) is 110 cm³/mol. The lowest BCUT2D eigenvalue weighted by atomic mass is 10.1. The van der Waals surface area contributed by atoms with E-state index >= 15 is 0 Å². The predicted octanol–water partition coefficient (Wildman–Crippen LogP) is 4.25. The summed E-state index contributed by atoms with van der Waals surface area (Å²) in [5.41, 5.74) is 1.21. The number of amides is 1. The molecule has 0 fully saturated rings. The van der Waals surface area contributed by atoms with Gasteiger partial charge in [0, 0.05) is 17.2 Å². The largest absolute Gasteiger partial charge is 0.493 e. The molecule has 1 amide bonds. The molecule has 0 heterocycles. The van der Waals surface area contributed by atoms with Gasteiger partial charge in [-0.25, -0.2) is 4.79 Å². The molecule has 29 heavy (non-hydrogen) atoms. The summed E-state index contributed by atoms with van der Waals surface area (Å²) in [5, 5.41) is 3.34. The zero-order valence-corrected chi connectivity index (χ0v) is 17.8. The van der Waals surface area contributed by atoms with Crippen molar-refractivity contribution in [2.45, 2.75) is 26.4 Å². The molecular weight excluding hydrogens is 398 g/mol. The van der Waals surface area contributed by atoms with Crippen molar-refractivity contribution < 1.29 is 28.5 Å². The Labute approximate surface area is 174 Å². The highest BCUT2D eigenvalue weighted by Crippen LogP contribution is 2.34. The zero-order chi connectivity index (χ0) is 21.6. The van der Waals surface area contributed by atoms with Crippen LogP contribution in [0.2, 0.25) is 5.02 Å². The number of nitrogens with one attached hydrogen (secondary N) is 1. The van der Waals surface area contributed by atoms with Crippen LogP contribution in [-0.2, 0) is 9.53 Å². The first kappa shape index (κ1) is 22.4. The number of carbonyl (C=O) groups excluding carboxylic acids is 2. The van der Waals surface area contributed by atoms with Crippen molar-refractivity contribution in [2.75, 3.05) is 26.6 Å². The normalized spacial score (nSPS) is 11.4. The maximum absolute atomic E-state index is 12.8.